The first-order chi connectivity index (χ1) is 21.3. The van der Waals surface area contributed by atoms with E-state index in [0.717, 1.165) is 12.5 Å². The van der Waals surface area contributed by atoms with Gasteiger partial charge in [-0.25, -0.2) is 4.98 Å². The molecule has 0 spiro atoms. The number of hydrogen-bond acceptors (Lipinski definition) is 1. The molecule has 0 atom stereocenters. The molecule has 5 aromatic carbocycles. The molecule has 0 bridgehead atoms. The molecule has 1 heterocycles. The first-order valence-corrected chi connectivity index (χ1v) is 16.9. The molecule has 6 aromatic rings. The van der Waals surface area contributed by atoms with Gasteiger partial charge >= 0.3 is 0 Å². The van der Waals surface area contributed by atoms with Gasteiger partial charge in [-0.05, 0) is 23.6 Å². The van der Waals surface area contributed by atoms with Gasteiger partial charge in [0.05, 0.1) is 21.0 Å². The van der Waals surface area contributed by atoms with E-state index >= 15 is 0 Å². The van der Waals surface area contributed by atoms with Gasteiger partial charge in [-0.3, -0.25) is 0 Å². The second kappa shape index (κ2) is 15.5. The summed E-state index contributed by atoms with van der Waals surface area (Å²) in [5.74, 6) is 0. The second-order valence-corrected chi connectivity index (χ2v) is 12.7. The Morgan fingerprint density at radius 1 is 0.605 bits per heavy atom. The summed E-state index contributed by atoms with van der Waals surface area (Å²) < 4.78 is 2.31. The van der Waals surface area contributed by atoms with Gasteiger partial charge < -0.3 is 4.57 Å². The molecule has 0 aliphatic rings. The van der Waals surface area contributed by atoms with E-state index in [1.165, 1.54) is 27.5 Å². The van der Waals surface area contributed by atoms with E-state index < -0.39 is 9.52 Å². The maximum absolute atomic E-state index is 4.35. The highest BCUT2D eigenvalue weighted by Crippen LogP contribution is 2.34. The Hall–Kier alpha value is -4.67. The zero-order chi connectivity index (χ0) is 29.6. The van der Waals surface area contributed by atoms with Crippen LogP contribution in [0.25, 0.3) is 0 Å². The molecular weight excluding hydrogens is 535 g/mol. The van der Waals surface area contributed by atoms with Crippen molar-refractivity contribution in [2.24, 2.45) is 0 Å². The Balaban J connectivity index is 0.000000176. The van der Waals surface area contributed by atoms with Gasteiger partial charge in [-0.1, -0.05) is 187 Å². The van der Waals surface area contributed by atoms with E-state index in [0.29, 0.717) is 6.71 Å². The van der Waals surface area contributed by atoms with E-state index in [4.69, 9.17) is 0 Å². The van der Waals surface area contributed by atoms with Gasteiger partial charge in [0, 0.05) is 12.4 Å². The summed E-state index contributed by atoms with van der Waals surface area (Å²) in [7, 11) is -0.531. The highest BCUT2D eigenvalue weighted by molar-refractivity contribution is 6.95. The second-order valence-electron chi connectivity index (χ2n) is 10.6. The van der Waals surface area contributed by atoms with Crippen LogP contribution in [0, 0.1) is 0 Å². The third-order valence-corrected chi connectivity index (χ3v) is 10.4. The van der Waals surface area contributed by atoms with Gasteiger partial charge in [0.2, 0.25) is 6.71 Å². The lowest BCUT2D eigenvalue weighted by Crippen LogP contribution is -2.51. The summed E-state index contributed by atoms with van der Waals surface area (Å²) in [6, 6.07) is 54.9. The Morgan fingerprint density at radius 3 is 1.40 bits per heavy atom. The van der Waals surface area contributed by atoms with Crippen molar-refractivity contribution in [3.63, 3.8) is 0 Å². The fourth-order valence-corrected chi connectivity index (χ4v) is 8.20. The van der Waals surface area contributed by atoms with Crippen molar-refractivity contribution in [2.45, 2.75) is 24.6 Å². The minimum Gasteiger partial charge on any atom is -0.327 e. The van der Waals surface area contributed by atoms with E-state index in [2.05, 4.69) is 186 Å². The number of hydrogen-bond donors (Lipinski definition) is 0. The van der Waals surface area contributed by atoms with Gasteiger partial charge in [-0.15, -0.1) is 0 Å². The minimum atomic E-state index is -0.531. The lowest BCUT2D eigenvalue weighted by atomic mass is 9.37. The van der Waals surface area contributed by atoms with Crippen LogP contribution in [0.4, 0.5) is 0 Å². The molecule has 4 heteroatoms. The average Bonchev–Trinajstić information content (AvgIpc) is 3.63. The summed E-state index contributed by atoms with van der Waals surface area (Å²) in [4.78, 5) is 4.35. The minimum absolute atomic E-state index is 0.100. The Kier molecular flexibility index (Phi) is 10.8. The first kappa shape index (κ1) is 29.8. The van der Waals surface area contributed by atoms with Crippen LogP contribution < -0.4 is 16.4 Å². The molecule has 43 heavy (non-hydrogen) atoms. The lowest BCUT2D eigenvalue weighted by Gasteiger charge is -2.36. The van der Waals surface area contributed by atoms with E-state index in [-0.39, 0.29) is 5.16 Å². The fourth-order valence-electron chi connectivity index (χ4n) is 5.89. The Labute approximate surface area is 259 Å². The number of rotatable bonds is 10. The molecule has 0 aliphatic carbocycles. The van der Waals surface area contributed by atoms with Crippen LogP contribution in [0.3, 0.4) is 0 Å². The van der Waals surface area contributed by atoms with Gasteiger partial charge in [-0.2, -0.15) is 0 Å². The van der Waals surface area contributed by atoms with Crippen molar-refractivity contribution in [3.8, 4) is 0 Å². The van der Waals surface area contributed by atoms with Gasteiger partial charge in [0.15, 0.2) is 0 Å². The fraction of sp³-hybridized carbons (Fsp3) is 0.103. The average molecular weight is 575 g/mol. The summed E-state index contributed by atoms with van der Waals surface area (Å²) in [5.41, 5.74) is 6.70. The quantitative estimate of drug-likeness (QED) is 0.137. The summed E-state index contributed by atoms with van der Waals surface area (Å²) >= 11 is 0. The van der Waals surface area contributed by atoms with Crippen molar-refractivity contribution in [2.75, 3.05) is 0 Å². The molecule has 0 unspecified atom stereocenters. The molecule has 0 aliphatic heterocycles. The molecular formula is C39H39BN2Si. The van der Waals surface area contributed by atoms with E-state index in [1.54, 1.807) is 0 Å². The summed E-state index contributed by atoms with van der Waals surface area (Å²) in [5, 5.41) is -0.100. The number of aromatic nitrogens is 2. The standard InChI is InChI=1S/C21H24N2Si.C18H15B/c1-2-3-10-17-24-21(23-16-15-22-18-23,19-11-6-4-7-12-19)20-13-8-5-9-14-20;1-4-10-16(11-5-1)19(17-12-6-2-7-13-17)18-14-8-3-9-15-18/h3-16,18H,2,17,24H2,1H3;1-15H. The van der Waals surface area contributed by atoms with Crippen LogP contribution in [0.2, 0.25) is 6.04 Å². The molecule has 0 fully saturated rings. The predicted molar refractivity (Wildman–Crippen MR) is 188 cm³/mol. The third-order valence-electron chi connectivity index (χ3n) is 7.92. The van der Waals surface area contributed by atoms with Gasteiger partial charge in [0.1, 0.15) is 0 Å². The number of benzene rings is 5. The maximum atomic E-state index is 4.35. The largest absolute Gasteiger partial charge is 0.327 e. The smallest absolute Gasteiger partial charge is 0.241 e. The van der Waals surface area contributed by atoms with Crippen LogP contribution in [0.1, 0.15) is 24.5 Å². The molecule has 2 nitrogen and oxygen atoms in total. The van der Waals surface area contributed by atoms with Crippen LogP contribution in [0.15, 0.2) is 183 Å². The number of nitrogens with zero attached hydrogens (tertiary/aromatic N) is 2. The van der Waals surface area contributed by atoms with Crippen molar-refractivity contribution < 1.29 is 0 Å². The first-order valence-electron chi connectivity index (χ1n) is 15.2. The number of imidazole rings is 1. The van der Waals surface area contributed by atoms with Crippen LogP contribution in [-0.4, -0.2) is 25.8 Å². The zero-order valence-electron chi connectivity index (χ0n) is 24.9. The normalized spacial score (nSPS) is 11.4. The number of allylic oxidation sites excluding steroid dienone is 2. The topological polar surface area (TPSA) is 17.8 Å². The van der Waals surface area contributed by atoms with Crippen molar-refractivity contribution in [1.82, 2.24) is 9.55 Å². The van der Waals surface area contributed by atoms with Crippen molar-refractivity contribution in [1.29, 1.82) is 0 Å². The molecule has 0 saturated carbocycles. The lowest BCUT2D eigenvalue weighted by molar-refractivity contribution is 0.592. The van der Waals surface area contributed by atoms with Crippen molar-refractivity contribution >= 4 is 32.6 Å². The summed E-state index contributed by atoms with van der Waals surface area (Å²) in [6.07, 6.45) is 11.7. The highest BCUT2D eigenvalue weighted by Gasteiger charge is 2.35. The third kappa shape index (κ3) is 7.40. The van der Waals surface area contributed by atoms with Crippen LogP contribution >= 0.6 is 0 Å². The Morgan fingerprint density at radius 2 is 1.02 bits per heavy atom. The molecule has 0 radical (unpaired) electrons. The maximum Gasteiger partial charge on any atom is 0.241 e. The Bertz CT molecular complexity index is 1490. The van der Waals surface area contributed by atoms with E-state index in [1.807, 2.05) is 12.5 Å². The SMILES string of the molecule is CCC=CC[SiH2]C(c1ccccc1)(c1ccccc1)n1ccnc1.c1ccc(B(c2ccccc2)c2ccccc2)cc1. The van der Waals surface area contributed by atoms with Gasteiger partial charge in [0.25, 0.3) is 0 Å². The monoisotopic (exact) mass is 574 g/mol. The molecule has 0 amide bonds. The molecule has 0 saturated heterocycles. The highest BCUT2D eigenvalue weighted by atomic mass is 28.2. The van der Waals surface area contributed by atoms with Crippen molar-refractivity contribution in [3.05, 3.63) is 194 Å². The predicted octanol–water partition coefficient (Wildman–Crippen LogP) is 6.39. The van der Waals surface area contributed by atoms with Crippen LogP contribution in [0.5, 0.6) is 0 Å². The zero-order valence-corrected chi connectivity index (χ0v) is 26.3. The van der Waals surface area contributed by atoms with Crippen LogP contribution in [-0.2, 0) is 5.16 Å². The molecule has 6 rings (SSSR count). The molecule has 212 valence electrons. The molecule has 0 N–H and O–H groups in total. The molecule has 1 aromatic heterocycles. The van der Waals surface area contributed by atoms with E-state index in [9.17, 15) is 0 Å². The summed E-state index contributed by atoms with van der Waals surface area (Å²) in [6.45, 7) is 2.50.